The third kappa shape index (κ3) is 10.2. The van der Waals surface area contributed by atoms with E-state index in [1.807, 2.05) is 121 Å². The molecule has 4 aromatic carbocycles. The first-order chi connectivity index (χ1) is 25.8. The maximum Gasteiger partial charge on any atom is 0.523 e. The van der Waals surface area contributed by atoms with E-state index in [2.05, 4.69) is 45.7 Å². The van der Waals surface area contributed by atoms with Crippen LogP contribution in [-0.4, -0.2) is 62.0 Å². The van der Waals surface area contributed by atoms with E-state index in [0.29, 0.717) is 0 Å². The quantitative estimate of drug-likeness (QED) is 0.0473. The molecule has 55 heavy (non-hydrogen) atoms. The minimum Gasteiger partial charge on any atom is -0.466 e. The fourth-order valence-electron chi connectivity index (χ4n) is 7.34. The van der Waals surface area contributed by atoms with Gasteiger partial charge < -0.3 is 13.6 Å². The summed E-state index contributed by atoms with van der Waals surface area (Å²) in [7, 11) is -12.6. The molecule has 4 rings (SSSR count). The van der Waals surface area contributed by atoms with Crippen LogP contribution in [0.3, 0.4) is 0 Å². The number of carbonyl (C=O) groups excluding carboxylic acids is 1. The standard InChI is InChI=1S/C42H53F3O7SSi2/c1-8-49-39(46)32-34(52-55(41(5,6)7,37-25-17-11-18-26-37)38-27-19-12-20-28-38)31-33(29-30-50-53(47,48)42(43,44)45)51-54(40(2,3)4,35-21-13-9-14-22-35)36-23-15-10-16-24-36/h9-28,33-34H,8,29-32H2,1-7H3. The van der Waals surface area contributed by atoms with Gasteiger partial charge in [-0.3, -0.25) is 8.98 Å². The van der Waals surface area contributed by atoms with E-state index in [4.69, 9.17) is 13.6 Å². The molecule has 13 heteroatoms. The van der Waals surface area contributed by atoms with Gasteiger partial charge in [-0.2, -0.15) is 21.6 Å². The highest BCUT2D eigenvalue weighted by Gasteiger charge is 2.54. The normalized spacial score (nSPS) is 14.3. The molecule has 0 saturated carbocycles. The number of benzene rings is 4. The molecule has 0 saturated heterocycles. The summed E-state index contributed by atoms with van der Waals surface area (Å²) in [6.07, 6.45) is -2.21. The van der Waals surface area contributed by atoms with Crippen LogP contribution in [0.25, 0.3) is 0 Å². The van der Waals surface area contributed by atoms with Crippen LogP contribution in [0.5, 0.6) is 0 Å². The van der Waals surface area contributed by atoms with Gasteiger partial charge in [-0.15, -0.1) is 0 Å². The molecule has 0 heterocycles. The van der Waals surface area contributed by atoms with Gasteiger partial charge in [0.25, 0.3) is 16.6 Å². The van der Waals surface area contributed by atoms with Gasteiger partial charge >= 0.3 is 21.6 Å². The topological polar surface area (TPSA) is 88.1 Å². The smallest absolute Gasteiger partial charge is 0.466 e. The van der Waals surface area contributed by atoms with Crippen molar-refractivity contribution >= 4 is 53.5 Å². The van der Waals surface area contributed by atoms with Crippen molar-refractivity contribution in [1.29, 1.82) is 0 Å². The molecule has 0 spiro atoms. The van der Waals surface area contributed by atoms with Crippen molar-refractivity contribution in [2.24, 2.45) is 0 Å². The Morgan fingerprint density at radius 2 is 0.964 bits per heavy atom. The Hall–Kier alpha value is -3.60. The minimum atomic E-state index is -5.89. The Labute approximate surface area is 326 Å². The zero-order valence-electron chi connectivity index (χ0n) is 32.6. The molecule has 0 aliphatic heterocycles. The molecular formula is C42H53F3O7SSi2. The molecule has 2 unspecified atom stereocenters. The van der Waals surface area contributed by atoms with Crippen molar-refractivity contribution in [3.05, 3.63) is 121 Å². The van der Waals surface area contributed by atoms with Crippen LogP contribution in [0.15, 0.2) is 121 Å². The molecule has 0 bridgehead atoms. The van der Waals surface area contributed by atoms with Crippen molar-refractivity contribution in [3.8, 4) is 0 Å². The summed E-state index contributed by atoms with van der Waals surface area (Å²) in [5.41, 5.74) is -5.60. The second-order valence-corrected chi connectivity index (χ2v) is 25.7. The van der Waals surface area contributed by atoms with Gasteiger partial charge in [-0.25, -0.2) is 0 Å². The number of rotatable bonds is 17. The average molecular weight is 815 g/mol. The third-order valence-corrected chi connectivity index (χ3v) is 20.9. The summed E-state index contributed by atoms with van der Waals surface area (Å²) < 4.78 is 89.6. The third-order valence-electron chi connectivity index (χ3n) is 9.71. The summed E-state index contributed by atoms with van der Waals surface area (Å²) in [4.78, 5) is 13.4. The molecule has 0 aliphatic carbocycles. The summed E-state index contributed by atoms with van der Waals surface area (Å²) in [5, 5.41) is 2.73. The fraction of sp³-hybridized carbons (Fsp3) is 0.405. The Kier molecular flexibility index (Phi) is 14.5. The summed E-state index contributed by atoms with van der Waals surface area (Å²) in [6.45, 7) is 13.5. The van der Waals surface area contributed by atoms with Crippen molar-refractivity contribution in [2.45, 2.75) is 95.5 Å². The van der Waals surface area contributed by atoms with Gasteiger partial charge in [0.05, 0.1) is 31.8 Å². The molecule has 0 aromatic heterocycles. The fourth-order valence-corrected chi connectivity index (χ4v) is 17.2. The van der Waals surface area contributed by atoms with E-state index in [9.17, 15) is 26.4 Å². The van der Waals surface area contributed by atoms with Crippen LogP contribution in [0.4, 0.5) is 13.2 Å². The highest BCUT2D eigenvalue weighted by atomic mass is 32.2. The SMILES string of the molecule is CCOC(=O)CC(CC(CCOS(=O)(=O)C(F)(F)F)O[Si](c1ccccc1)(c1ccccc1)C(C)(C)C)O[Si](c1ccccc1)(c1ccccc1)C(C)(C)C. The zero-order valence-corrected chi connectivity index (χ0v) is 35.5. The largest absolute Gasteiger partial charge is 0.523 e. The van der Waals surface area contributed by atoms with E-state index >= 15 is 0 Å². The lowest BCUT2D eigenvalue weighted by Gasteiger charge is -2.47. The lowest BCUT2D eigenvalue weighted by molar-refractivity contribution is -0.145. The van der Waals surface area contributed by atoms with Crippen molar-refractivity contribution in [1.82, 2.24) is 0 Å². The maximum atomic E-state index is 13.5. The van der Waals surface area contributed by atoms with Gasteiger partial charge in [0.1, 0.15) is 0 Å². The molecule has 4 aromatic rings. The molecule has 298 valence electrons. The Bertz CT molecular complexity index is 1820. The first-order valence-corrected chi connectivity index (χ1v) is 23.7. The number of ether oxygens (including phenoxy) is 1. The molecule has 0 N–H and O–H groups in total. The Morgan fingerprint density at radius 1 is 0.618 bits per heavy atom. The van der Waals surface area contributed by atoms with Gasteiger partial charge in [-0.1, -0.05) is 163 Å². The van der Waals surface area contributed by atoms with Crippen molar-refractivity contribution in [2.75, 3.05) is 13.2 Å². The number of alkyl halides is 3. The number of carbonyl (C=O) groups is 1. The lowest BCUT2D eigenvalue weighted by Crippen LogP contribution is -2.69. The van der Waals surface area contributed by atoms with Crippen LogP contribution < -0.4 is 20.7 Å². The number of hydrogen-bond donors (Lipinski definition) is 0. The van der Waals surface area contributed by atoms with E-state index in [1.54, 1.807) is 6.92 Å². The van der Waals surface area contributed by atoms with Crippen molar-refractivity contribution < 1.29 is 44.2 Å². The molecule has 0 radical (unpaired) electrons. The van der Waals surface area contributed by atoms with Gasteiger partial charge in [0.2, 0.25) is 0 Å². The Morgan fingerprint density at radius 3 is 1.27 bits per heavy atom. The predicted octanol–water partition coefficient (Wildman–Crippen LogP) is 7.48. The maximum absolute atomic E-state index is 13.5. The van der Waals surface area contributed by atoms with E-state index < -0.39 is 67.1 Å². The molecule has 0 amide bonds. The number of halogens is 3. The van der Waals surface area contributed by atoms with E-state index in [0.717, 1.165) is 20.7 Å². The summed E-state index contributed by atoms with van der Waals surface area (Å²) in [5.74, 6) is -0.509. The Balaban J connectivity index is 1.94. The van der Waals surface area contributed by atoms with Crippen LogP contribution in [0, 0.1) is 0 Å². The average Bonchev–Trinajstić information content (AvgIpc) is 3.12. The minimum absolute atomic E-state index is 0.0171. The molecule has 0 fully saturated rings. The second-order valence-electron chi connectivity index (χ2n) is 15.6. The second kappa shape index (κ2) is 18.1. The first kappa shape index (κ1) is 44.1. The first-order valence-electron chi connectivity index (χ1n) is 18.5. The molecular weight excluding hydrogens is 762 g/mol. The van der Waals surface area contributed by atoms with E-state index in [-0.39, 0.29) is 25.9 Å². The van der Waals surface area contributed by atoms with Gasteiger partial charge in [0, 0.05) is 0 Å². The van der Waals surface area contributed by atoms with Crippen LogP contribution in [-0.2, 0) is 32.7 Å². The molecule has 2 atom stereocenters. The predicted molar refractivity (Wildman–Crippen MR) is 216 cm³/mol. The van der Waals surface area contributed by atoms with E-state index in [1.165, 1.54) is 0 Å². The number of hydrogen-bond acceptors (Lipinski definition) is 7. The lowest BCUT2D eigenvalue weighted by atomic mass is 10.1. The molecule has 7 nitrogen and oxygen atoms in total. The summed E-state index contributed by atoms with van der Waals surface area (Å²) >= 11 is 0. The molecule has 0 aliphatic rings. The summed E-state index contributed by atoms with van der Waals surface area (Å²) in [6, 6.07) is 39.2. The van der Waals surface area contributed by atoms with Crippen molar-refractivity contribution in [3.63, 3.8) is 0 Å². The van der Waals surface area contributed by atoms with Gasteiger partial charge in [0.15, 0.2) is 0 Å². The monoisotopic (exact) mass is 814 g/mol. The van der Waals surface area contributed by atoms with Crippen LogP contribution in [0.1, 0.15) is 67.7 Å². The zero-order chi connectivity index (χ0) is 40.5. The van der Waals surface area contributed by atoms with Gasteiger partial charge in [-0.05, 0) is 50.6 Å². The van der Waals surface area contributed by atoms with Crippen LogP contribution >= 0.6 is 0 Å². The number of esters is 1. The van der Waals surface area contributed by atoms with Crippen LogP contribution in [0.2, 0.25) is 10.1 Å². The highest BCUT2D eigenvalue weighted by molar-refractivity contribution is 7.87. The highest BCUT2D eigenvalue weighted by Crippen LogP contribution is 2.41.